The van der Waals surface area contributed by atoms with Crippen LogP contribution in [0.3, 0.4) is 0 Å². The number of fused-ring (bicyclic) bond motifs is 1. The van der Waals surface area contributed by atoms with Gasteiger partial charge in [0.05, 0.1) is 48.9 Å². The van der Waals surface area contributed by atoms with Crippen molar-refractivity contribution in [2.24, 2.45) is 7.05 Å². The van der Waals surface area contributed by atoms with Crippen LogP contribution in [-0.2, 0) is 43.3 Å². The Hall–Kier alpha value is -4.50. The molecule has 8 rings (SSSR count). The lowest BCUT2D eigenvalue weighted by Gasteiger charge is -2.52. The van der Waals surface area contributed by atoms with Gasteiger partial charge in [0.25, 0.3) is 0 Å². The van der Waals surface area contributed by atoms with Crippen LogP contribution >= 0.6 is 0 Å². The molecule has 1 aliphatic carbocycles. The van der Waals surface area contributed by atoms with Crippen molar-refractivity contribution < 1.29 is 19.4 Å². The van der Waals surface area contributed by atoms with E-state index in [-0.39, 0.29) is 5.92 Å². The van der Waals surface area contributed by atoms with E-state index in [9.17, 15) is 9.90 Å². The van der Waals surface area contributed by atoms with Crippen molar-refractivity contribution in [3.05, 3.63) is 105 Å². The number of rotatable bonds is 6. The molecule has 3 aliphatic heterocycles. The Morgan fingerprint density at radius 2 is 2.04 bits per heavy atom. The fraction of sp³-hybridized carbons (Fsp3) is 0.389. The van der Waals surface area contributed by atoms with Gasteiger partial charge in [0.1, 0.15) is 11.4 Å². The minimum atomic E-state index is -0.894. The number of benzene rings is 2. The third-order valence-corrected chi connectivity index (χ3v) is 10.3. The highest BCUT2D eigenvalue weighted by Gasteiger charge is 2.55. The Kier molecular flexibility index (Phi) is 6.57. The number of nitrogens with zero attached hydrogens (tertiary/aromatic N) is 4. The molecule has 0 saturated carbocycles. The number of nitrogens with one attached hydrogen (secondary N) is 1. The monoisotopic (exact) mass is 605 g/mol. The number of allylic oxidation sites excluding steroid dienone is 3. The molecule has 0 radical (unpaired) electrons. The smallest absolute Gasteiger partial charge is 0.352 e. The van der Waals surface area contributed by atoms with Crippen LogP contribution in [0.2, 0.25) is 0 Å². The fourth-order valence-electron chi connectivity index (χ4n) is 8.55. The van der Waals surface area contributed by atoms with Gasteiger partial charge in [-0.1, -0.05) is 55.5 Å². The number of carboxylic acid groups (broad SMARTS) is 1. The van der Waals surface area contributed by atoms with Gasteiger partial charge in [0, 0.05) is 54.9 Å². The number of hydrogen-bond acceptors (Lipinski definition) is 6. The van der Waals surface area contributed by atoms with Gasteiger partial charge >= 0.3 is 5.97 Å². The number of aryl methyl sites for hydroxylation is 1. The van der Waals surface area contributed by atoms with E-state index >= 15 is 0 Å². The second kappa shape index (κ2) is 10.5. The van der Waals surface area contributed by atoms with Crippen molar-refractivity contribution in [2.75, 3.05) is 26.3 Å². The predicted octanol–water partition coefficient (Wildman–Crippen LogP) is 5.22. The summed E-state index contributed by atoms with van der Waals surface area (Å²) in [5, 5.41) is 21.9. The van der Waals surface area contributed by atoms with Crippen molar-refractivity contribution in [2.45, 2.75) is 57.7 Å². The van der Waals surface area contributed by atoms with Crippen molar-refractivity contribution in [1.82, 2.24) is 24.6 Å². The second-order valence-corrected chi connectivity index (χ2v) is 12.8. The topological polar surface area (TPSA) is 93.8 Å². The third-order valence-electron chi connectivity index (χ3n) is 10.3. The summed E-state index contributed by atoms with van der Waals surface area (Å²) in [5.74, 6) is -0.0184. The first-order valence-electron chi connectivity index (χ1n) is 16.0. The number of aromatic nitrogens is 3. The number of carboxylic acids is 1. The van der Waals surface area contributed by atoms with E-state index in [0.717, 1.165) is 64.2 Å². The third kappa shape index (κ3) is 4.09. The quantitative estimate of drug-likeness (QED) is 0.230. The first kappa shape index (κ1) is 28.0. The highest BCUT2D eigenvalue weighted by molar-refractivity contribution is 5.90. The number of hydrogen-bond donors (Lipinski definition) is 2. The van der Waals surface area contributed by atoms with Crippen LogP contribution in [0.4, 0.5) is 0 Å². The minimum absolute atomic E-state index is 0.0197. The van der Waals surface area contributed by atoms with Crippen LogP contribution in [-0.4, -0.2) is 56.6 Å². The molecular weight excluding hydrogens is 566 g/mol. The summed E-state index contributed by atoms with van der Waals surface area (Å²) >= 11 is 0. The molecule has 2 atom stereocenters. The lowest BCUT2D eigenvalue weighted by molar-refractivity contribution is 0.0683. The molecule has 0 saturated heterocycles. The highest BCUT2D eigenvalue weighted by Crippen LogP contribution is 2.57. The molecule has 232 valence electrons. The molecule has 5 heterocycles. The van der Waals surface area contributed by atoms with Crippen LogP contribution in [0.5, 0.6) is 5.75 Å². The largest absolute Gasteiger partial charge is 0.493 e. The van der Waals surface area contributed by atoms with Crippen LogP contribution in [0, 0.1) is 0 Å². The second-order valence-electron chi connectivity index (χ2n) is 12.8. The molecular formula is C36H39N5O4. The van der Waals surface area contributed by atoms with Crippen LogP contribution in [0.1, 0.15) is 70.4 Å². The summed E-state index contributed by atoms with van der Waals surface area (Å²) in [6, 6.07) is 14.3. The van der Waals surface area contributed by atoms with Gasteiger partial charge < -0.3 is 29.4 Å². The summed E-state index contributed by atoms with van der Waals surface area (Å²) in [6.45, 7) is 8.85. The summed E-state index contributed by atoms with van der Waals surface area (Å²) in [5.41, 5.74) is 8.62. The van der Waals surface area contributed by atoms with Crippen molar-refractivity contribution in [3.8, 4) is 5.75 Å². The van der Waals surface area contributed by atoms with Gasteiger partial charge in [-0.15, -0.1) is 0 Å². The number of ether oxygens (including phenoxy) is 2. The van der Waals surface area contributed by atoms with E-state index in [4.69, 9.17) is 14.6 Å². The molecule has 2 unspecified atom stereocenters. The van der Waals surface area contributed by atoms with E-state index in [1.54, 1.807) is 0 Å². The molecule has 0 bridgehead atoms. The maximum absolute atomic E-state index is 13.3. The average Bonchev–Trinajstić information content (AvgIpc) is 3.54. The lowest BCUT2D eigenvalue weighted by Crippen LogP contribution is -2.53. The summed E-state index contributed by atoms with van der Waals surface area (Å²) in [7, 11) is 2.02. The lowest BCUT2D eigenvalue weighted by atomic mass is 9.64. The molecule has 2 aromatic carbocycles. The summed E-state index contributed by atoms with van der Waals surface area (Å²) in [6.07, 6.45) is 5.34. The standard InChI is InChI=1S/C36H39N5O4/c1-22-29-25(13-9-19-45-28-14-8-11-23-10-4-5-12-24(23)28)32(35(42)43)41-16-6-7-18-44-21-26-30-27(39(3)38-26)20-40-17-15-37-31(22)34(40)36(30,2)33(29)41/h4-8,10-12,14,22,37H,9,13,15-21H2,1-3H3,(H,42,43)/b7-6-. The van der Waals surface area contributed by atoms with E-state index < -0.39 is 11.4 Å². The molecule has 2 aromatic heterocycles. The van der Waals surface area contributed by atoms with Crippen LogP contribution in [0.25, 0.3) is 10.8 Å². The zero-order valence-corrected chi connectivity index (χ0v) is 26.1. The van der Waals surface area contributed by atoms with E-state index in [0.29, 0.717) is 44.9 Å². The maximum atomic E-state index is 13.3. The summed E-state index contributed by atoms with van der Waals surface area (Å²) < 4.78 is 16.5. The van der Waals surface area contributed by atoms with Crippen LogP contribution < -0.4 is 10.1 Å². The average molecular weight is 606 g/mol. The molecule has 0 spiro atoms. The molecule has 2 N–H and O–H groups in total. The van der Waals surface area contributed by atoms with E-state index in [1.165, 1.54) is 17.1 Å². The normalized spacial score (nSPS) is 22.5. The summed E-state index contributed by atoms with van der Waals surface area (Å²) in [4.78, 5) is 15.8. The molecule has 4 aliphatic rings. The Morgan fingerprint density at radius 3 is 2.91 bits per heavy atom. The Labute approximate surface area is 262 Å². The van der Waals surface area contributed by atoms with Gasteiger partial charge in [-0.3, -0.25) is 4.68 Å². The molecule has 0 fully saturated rings. The van der Waals surface area contributed by atoms with Crippen LogP contribution in [0.15, 0.2) is 66.0 Å². The number of aromatic carboxylic acids is 1. The van der Waals surface area contributed by atoms with Gasteiger partial charge in [0.2, 0.25) is 0 Å². The van der Waals surface area contributed by atoms with E-state index in [1.807, 2.05) is 48.1 Å². The molecule has 45 heavy (non-hydrogen) atoms. The predicted molar refractivity (Wildman–Crippen MR) is 171 cm³/mol. The van der Waals surface area contributed by atoms with Crippen molar-refractivity contribution in [3.63, 3.8) is 0 Å². The number of carbonyl (C=O) groups is 1. The SMILES string of the molecule is CC1C2=C3N(CCN2)Cc2c4c(nn2C)COC/C=C\Cn2c(C(=O)O)c(CCCOc5cccc6ccccc56)c1c2C34C. The van der Waals surface area contributed by atoms with Crippen molar-refractivity contribution in [1.29, 1.82) is 0 Å². The van der Waals surface area contributed by atoms with Gasteiger partial charge in [-0.25, -0.2) is 4.79 Å². The fourth-order valence-corrected chi connectivity index (χ4v) is 8.55. The Bertz CT molecular complexity index is 1910. The molecule has 9 nitrogen and oxygen atoms in total. The Morgan fingerprint density at radius 1 is 1.20 bits per heavy atom. The van der Waals surface area contributed by atoms with Gasteiger partial charge in [-0.2, -0.15) is 5.10 Å². The Balaban J connectivity index is 1.27. The first-order chi connectivity index (χ1) is 21.9. The van der Waals surface area contributed by atoms with E-state index in [2.05, 4.69) is 46.8 Å². The first-order valence-corrected chi connectivity index (χ1v) is 16.0. The van der Waals surface area contributed by atoms with Gasteiger partial charge in [-0.05, 0) is 42.3 Å². The maximum Gasteiger partial charge on any atom is 0.352 e. The van der Waals surface area contributed by atoms with Crippen molar-refractivity contribution >= 4 is 16.7 Å². The van der Waals surface area contributed by atoms with Gasteiger partial charge in [0.15, 0.2) is 0 Å². The zero-order valence-electron chi connectivity index (χ0n) is 26.1. The molecule has 4 aromatic rings. The molecule has 9 heteroatoms. The molecule has 0 amide bonds. The zero-order chi connectivity index (χ0) is 30.9. The minimum Gasteiger partial charge on any atom is -0.493 e. The highest BCUT2D eigenvalue weighted by atomic mass is 16.5.